The normalized spacial score (nSPS) is 22.0. The van der Waals surface area contributed by atoms with Gasteiger partial charge in [-0.05, 0) is 6.92 Å². The predicted molar refractivity (Wildman–Crippen MR) is 52.9 cm³/mol. The summed E-state index contributed by atoms with van der Waals surface area (Å²) < 4.78 is 0. The molecule has 1 aromatic heterocycles. The van der Waals surface area contributed by atoms with Crippen LogP contribution in [0.2, 0.25) is 0 Å². The van der Waals surface area contributed by atoms with Gasteiger partial charge in [0.1, 0.15) is 5.01 Å². The van der Waals surface area contributed by atoms with Crippen molar-refractivity contribution in [1.82, 2.24) is 9.88 Å². The molecule has 1 unspecified atom stereocenters. The summed E-state index contributed by atoms with van der Waals surface area (Å²) in [7, 11) is 0. The molecule has 76 valence electrons. The quantitative estimate of drug-likeness (QED) is 0.778. The Morgan fingerprint density at radius 1 is 1.79 bits per heavy atom. The van der Waals surface area contributed by atoms with E-state index in [0.717, 1.165) is 9.88 Å². The number of β-amino-alcohol motifs (C(OH)–C–C–N with tert-alkyl or cyclic N) is 1. The number of aryl methyl sites for hydroxylation is 1. The van der Waals surface area contributed by atoms with Crippen molar-refractivity contribution in [2.75, 3.05) is 6.54 Å². The molecule has 1 fully saturated rings. The zero-order valence-corrected chi connectivity index (χ0v) is 8.75. The molecule has 1 atom stereocenters. The van der Waals surface area contributed by atoms with Crippen LogP contribution in [0, 0.1) is 6.92 Å². The van der Waals surface area contributed by atoms with Gasteiger partial charge in [-0.3, -0.25) is 4.79 Å². The molecule has 2 heterocycles. The number of carbonyl (C=O) groups excluding carboxylic acids is 1. The second-order valence-corrected chi connectivity index (χ2v) is 4.82. The summed E-state index contributed by atoms with van der Waals surface area (Å²) in [5.41, 5.74) is 0. The molecule has 0 saturated carbocycles. The zero-order valence-electron chi connectivity index (χ0n) is 7.93. The lowest BCUT2D eigenvalue weighted by Gasteiger charge is -2.13. The molecular weight excluding hydrogens is 200 g/mol. The number of amides is 1. The minimum Gasteiger partial charge on any atom is -0.391 e. The van der Waals surface area contributed by atoms with Crippen LogP contribution in [0.4, 0.5) is 0 Å². The van der Waals surface area contributed by atoms with E-state index in [1.54, 1.807) is 22.4 Å². The van der Waals surface area contributed by atoms with Crippen LogP contribution >= 0.6 is 11.3 Å². The molecule has 5 heteroatoms. The number of likely N-dealkylation sites (tertiary alicyclic amines) is 1. The van der Waals surface area contributed by atoms with Crippen LogP contribution in [-0.2, 0) is 11.3 Å². The molecule has 1 N–H and O–H groups in total. The van der Waals surface area contributed by atoms with Gasteiger partial charge >= 0.3 is 0 Å². The fourth-order valence-corrected chi connectivity index (χ4v) is 2.34. The van der Waals surface area contributed by atoms with E-state index in [1.165, 1.54) is 0 Å². The number of carbonyl (C=O) groups is 1. The standard InChI is InChI=1S/C9H12N2O2S/c1-6-3-10-8(14-6)5-11-4-7(12)2-9(11)13/h3,7,12H,2,4-5H2,1H3. The fraction of sp³-hybridized carbons (Fsp3) is 0.556. The third-order valence-corrected chi connectivity index (χ3v) is 3.09. The molecule has 0 bridgehead atoms. The number of aliphatic hydroxyl groups excluding tert-OH is 1. The van der Waals surface area contributed by atoms with Crippen LogP contribution in [-0.4, -0.2) is 33.5 Å². The van der Waals surface area contributed by atoms with Crippen molar-refractivity contribution in [1.29, 1.82) is 0 Å². The summed E-state index contributed by atoms with van der Waals surface area (Å²) >= 11 is 1.59. The van der Waals surface area contributed by atoms with E-state index in [4.69, 9.17) is 0 Å². The van der Waals surface area contributed by atoms with Gasteiger partial charge in [-0.15, -0.1) is 11.3 Å². The second kappa shape index (κ2) is 3.67. The van der Waals surface area contributed by atoms with E-state index in [0.29, 0.717) is 13.1 Å². The Morgan fingerprint density at radius 2 is 2.57 bits per heavy atom. The van der Waals surface area contributed by atoms with E-state index in [1.807, 2.05) is 6.92 Å². The zero-order chi connectivity index (χ0) is 10.1. The highest BCUT2D eigenvalue weighted by Gasteiger charge is 2.28. The van der Waals surface area contributed by atoms with E-state index in [-0.39, 0.29) is 12.3 Å². The molecule has 2 rings (SSSR count). The van der Waals surface area contributed by atoms with E-state index >= 15 is 0 Å². The SMILES string of the molecule is Cc1cnc(CN2CC(O)CC2=O)s1. The monoisotopic (exact) mass is 212 g/mol. The molecule has 1 amide bonds. The summed E-state index contributed by atoms with van der Waals surface area (Å²) in [6.07, 6.45) is 1.56. The van der Waals surface area contributed by atoms with Gasteiger partial charge in [-0.1, -0.05) is 0 Å². The first kappa shape index (κ1) is 9.61. The van der Waals surface area contributed by atoms with Crippen molar-refractivity contribution in [2.24, 2.45) is 0 Å². The maximum absolute atomic E-state index is 11.3. The highest BCUT2D eigenvalue weighted by atomic mass is 32.1. The summed E-state index contributed by atoms with van der Waals surface area (Å²) in [5, 5.41) is 10.2. The molecule has 1 aromatic rings. The fourth-order valence-electron chi connectivity index (χ4n) is 1.54. The van der Waals surface area contributed by atoms with Gasteiger partial charge in [0.05, 0.1) is 19.1 Å². The highest BCUT2D eigenvalue weighted by Crippen LogP contribution is 2.18. The molecule has 14 heavy (non-hydrogen) atoms. The predicted octanol–water partition coefficient (Wildman–Crippen LogP) is 0.545. The van der Waals surface area contributed by atoms with Crippen LogP contribution in [0.25, 0.3) is 0 Å². The Balaban J connectivity index is 2.01. The number of aliphatic hydroxyl groups is 1. The Morgan fingerprint density at radius 3 is 3.07 bits per heavy atom. The van der Waals surface area contributed by atoms with Crippen LogP contribution in [0.15, 0.2) is 6.20 Å². The summed E-state index contributed by atoms with van der Waals surface area (Å²) in [5.74, 6) is 0.0188. The number of hydrogen-bond donors (Lipinski definition) is 1. The lowest BCUT2D eigenvalue weighted by Crippen LogP contribution is -2.25. The Kier molecular flexibility index (Phi) is 2.52. The van der Waals surface area contributed by atoms with Crippen molar-refractivity contribution in [3.05, 3.63) is 16.1 Å². The number of nitrogens with zero attached hydrogens (tertiary/aromatic N) is 2. The van der Waals surface area contributed by atoms with Crippen LogP contribution in [0.3, 0.4) is 0 Å². The average molecular weight is 212 g/mol. The summed E-state index contributed by atoms with van der Waals surface area (Å²) in [6, 6.07) is 0. The second-order valence-electron chi connectivity index (χ2n) is 3.50. The Labute approximate surface area is 86.2 Å². The lowest BCUT2D eigenvalue weighted by molar-refractivity contribution is -0.128. The topological polar surface area (TPSA) is 53.4 Å². The molecule has 1 saturated heterocycles. The average Bonchev–Trinajstić information content (AvgIpc) is 2.61. The molecule has 0 aromatic carbocycles. The highest BCUT2D eigenvalue weighted by molar-refractivity contribution is 7.11. The van der Waals surface area contributed by atoms with Crippen LogP contribution < -0.4 is 0 Å². The van der Waals surface area contributed by atoms with Gasteiger partial charge < -0.3 is 10.0 Å². The van der Waals surface area contributed by atoms with Crippen molar-refractivity contribution in [2.45, 2.75) is 26.0 Å². The maximum Gasteiger partial charge on any atom is 0.225 e. The van der Waals surface area contributed by atoms with Crippen molar-refractivity contribution < 1.29 is 9.90 Å². The molecule has 1 aliphatic rings. The number of aromatic nitrogens is 1. The molecule has 0 aliphatic carbocycles. The van der Waals surface area contributed by atoms with E-state index < -0.39 is 6.10 Å². The van der Waals surface area contributed by atoms with Gasteiger partial charge in [-0.2, -0.15) is 0 Å². The number of hydrogen-bond acceptors (Lipinski definition) is 4. The summed E-state index contributed by atoms with van der Waals surface area (Å²) in [6.45, 7) is 2.97. The largest absolute Gasteiger partial charge is 0.391 e. The van der Waals surface area contributed by atoms with Gasteiger partial charge in [-0.25, -0.2) is 4.98 Å². The summed E-state index contributed by atoms with van der Waals surface area (Å²) in [4.78, 5) is 18.3. The number of thiazole rings is 1. The van der Waals surface area contributed by atoms with Gasteiger partial charge in [0.15, 0.2) is 0 Å². The third kappa shape index (κ3) is 1.93. The Bertz CT molecular complexity index is 350. The first-order valence-electron chi connectivity index (χ1n) is 4.52. The molecule has 4 nitrogen and oxygen atoms in total. The lowest BCUT2D eigenvalue weighted by atomic mass is 10.3. The molecule has 0 radical (unpaired) electrons. The van der Waals surface area contributed by atoms with Crippen molar-refractivity contribution in [3.8, 4) is 0 Å². The molecular formula is C9H12N2O2S. The smallest absolute Gasteiger partial charge is 0.225 e. The first-order chi connectivity index (χ1) is 6.65. The van der Waals surface area contributed by atoms with E-state index in [2.05, 4.69) is 4.98 Å². The minimum absolute atomic E-state index is 0.0188. The number of rotatable bonds is 2. The van der Waals surface area contributed by atoms with Gasteiger partial charge in [0.25, 0.3) is 0 Å². The molecule has 1 aliphatic heterocycles. The molecule has 0 spiro atoms. The van der Waals surface area contributed by atoms with Crippen LogP contribution in [0.1, 0.15) is 16.3 Å². The van der Waals surface area contributed by atoms with Crippen molar-refractivity contribution >= 4 is 17.2 Å². The maximum atomic E-state index is 11.3. The minimum atomic E-state index is -0.497. The van der Waals surface area contributed by atoms with Crippen molar-refractivity contribution in [3.63, 3.8) is 0 Å². The van der Waals surface area contributed by atoms with E-state index in [9.17, 15) is 9.90 Å². The third-order valence-electron chi connectivity index (χ3n) is 2.19. The van der Waals surface area contributed by atoms with Gasteiger partial charge in [0, 0.05) is 17.6 Å². The Hall–Kier alpha value is -0.940. The van der Waals surface area contributed by atoms with Crippen LogP contribution in [0.5, 0.6) is 0 Å². The first-order valence-corrected chi connectivity index (χ1v) is 5.34. The van der Waals surface area contributed by atoms with Gasteiger partial charge in [0.2, 0.25) is 5.91 Å².